The quantitative estimate of drug-likeness (QED) is 0.835. The van der Waals surface area contributed by atoms with Crippen LogP contribution in [0.25, 0.3) is 0 Å². The average molecular weight is 317 g/mol. The van der Waals surface area contributed by atoms with Crippen LogP contribution >= 0.6 is 0 Å². The molecule has 1 N–H and O–H groups in total. The Morgan fingerprint density at radius 2 is 1.78 bits per heavy atom. The summed E-state index contributed by atoms with van der Waals surface area (Å²) in [6.45, 7) is 9.71. The smallest absolute Gasteiger partial charge is 0.224 e. The number of amides is 1. The van der Waals surface area contributed by atoms with Gasteiger partial charge in [-0.25, -0.2) is 0 Å². The third-order valence-electron chi connectivity index (χ3n) is 4.54. The van der Waals surface area contributed by atoms with Crippen LogP contribution in [0.3, 0.4) is 0 Å². The minimum atomic E-state index is 0.124. The maximum atomic E-state index is 12.2. The molecule has 1 aromatic carbocycles. The number of nitrogens with one attached hydrogen (secondary N) is 1. The van der Waals surface area contributed by atoms with Gasteiger partial charge >= 0.3 is 0 Å². The summed E-state index contributed by atoms with van der Waals surface area (Å²) in [4.78, 5) is 17.1. The molecule has 2 rings (SSSR count). The van der Waals surface area contributed by atoms with Crippen molar-refractivity contribution >= 4 is 5.91 Å². The van der Waals surface area contributed by atoms with E-state index >= 15 is 0 Å². The predicted molar refractivity (Wildman–Crippen MR) is 95.5 cm³/mol. The Hall–Kier alpha value is -1.39. The van der Waals surface area contributed by atoms with Crippen molar-refractivity contribution in [1.29, 1.82) is 0 Å². The van der Waals surface area contributed by atoms with Gasteiger partial charge in [0.05, 0.1) is 6.42 Å². The molecule has 1 atom stereocenters. The normalized spacial score (nSPS) is 18.1. The van der Waals surface area contributed by atoms with Gasteiger partial charge in [0.15, 0.2) is 0 Å². The fraction of sp³-hybridized carbons (Fsp3) is 0.632. The molecule has 0 aromatic heterocycles. The largest absolute Gasteiger partial charge is 0.354 e. The molecule has 1 heterocycles. The highest BCUT2D eigenvalue weighted by Crippen LogP contribution is 2.13. The predicted octanol–water partition coefficient (Wildman–Crippen LogP) is 2.01. The van der Waals surface area contributed by atoms with Crippen molar-refractivity contribution in [2.24, 2.45) is 5.92 Å². The second-order valence-electron chi connectivity index (χ2n) is 7.09. The Kier molecular flexibility index (Phi) is 7.06. The molecule has 0 saturated carbocycles. The van der Waals surface area contributed by atoms with Crippen molar-refractivity contribution in [3.05, 3.63) is 35.9 Å². The van der Waals surface area contributed by atoms with Crippen LogP contribution < -0.4 is 5.32 Å². The van der Waals surface area contributed by atoms with Crippen LogP contribution in [0.1, 0.15) is 25.8 Å². The van der Waals surface area contributed by atoms with Crippen molar-refractivity contribution in [3.8, 4) is 0 Å². The molecule has 1 fully saturated rings. The van der Waals surface area contributed by atoms with Crippen LogP contribution in [0.5, 0.6) is 0 Å². The lowest BCUT2D eigenvalue weighted by molar-refractivity contribution is -0.120. The molecule has 0 radical (unpaired) electrons. The molecule has 1 aliphatic rings. The summed E-state index contributed by atoms with van der Waals surface area (Å²) in [7, 11) is 2.18. The highest BCUT2D eigenvalue weighted by Gasteiger charge is 2.23. The van der Waals surface area contributed by atoms with E-state index in [9.17, 15) is 4.79 Å². The van der Waals surface area contributed by atoms with Gasteiger partial charge in [-0.05, 0) is 24.9 Å². The zero-order valence-corrected chi connectivity index (χ0v) is 14.8. The number of piperazine rings is 1. The minimum Gasteiger partial charge on any atom is -0.354 e. The number of carbonyl (C=O) groups excluding carboxylic acids is 1. The van der Waals surface area contributed by atoms with E-state index < -0.39 is 0 Å². The summed E-state index contributed by atoms with van der Waals surface area (Å²) in [5.41, 5.74) is 1.07. The van der Waals surface area contributed by atoms with Gasteiger partial charge in [0.2, 0.25) is 5.91 Å². The molecule has 128 valence electrons. The third kappa shape index (κ3) is 6.32. The maximum Gasteiger partial charge on any atom is 0.224 e. The number of hydrogen-bond acceptors (Lipinski definition) is 3. The van der Waals surface area contributed by atoms with E-state index in [-0.39, 0.29) is 5.91 Å². The first kappa shape index (κ1) is 18.0. The molecule has 0 aliphatic carbocycles. The summed E-state index contributed by atoms with van der Waals surface area (Å²) in [5.74, 6) is 0.768. The van der Waals surface area contributed by atoms with Crippen molar-refractivity contribution < 1.29 is 4.79 Å². The molecule has 0 bridgehead atoms. The van der Waals surface area contributed by atoms with Crippen LogP contribution in [0.2, 0.25) is 0 Å². The molecule has 1 aliphatic heterocycles. The second kappa shape index (κ2) is 9.04. The van der Waals surface area contributed by atoms with Crippen molar-refractivity contribution in [1.82, 2.24) is 15.1 Å². The summed E-state index contributed by atoms with van der Waals surface area (Å²) in [6, 6.07) is 10.4. The van der Waals surface area contributed by atoms with E-state index in [2.05, 4.69) is 36.0 Å². The van der Waals surface area contributed by atoms with Crippen LogP contribution in [0, 0.1) is 5.92 Å². The van der Waals surface area contributed by atoms with Crippen molar-refractivity contribution in [3.63, 3.8) is 0 Å². The molecule has 1 unspecified atom stereocenters. The molecule has 0 spiro atoms. The van der Waals surface area contributed by atoms with Crippen LogP contribution in [-0.4, -0.2) is 61.5 Å². The topological polar surface area (TPSA) is 35.6 Å². The zero-order valence-electron chi connectivity index (χ0n) is 14.8. The van der Waals surface area contributed by atoms with E-state index in [0.29, 0.717) is 18.4 Å². The van der Waals surface area contributed by atoms with Crippen LogP contribution in [0.15, 0.2) is 30.3 Å². The Morgan fingerprint density at radius 1 is 1.13 bits per heavy atom. The van der Waals surface area contributed by atoms with Gasteiger partial charge in [0.25, 0.3) is 0 Å². The Bertz CT molecular complexity index is 467. The first-order valence-electron chi connectivity index (χ1n) is 8.78. The Labute approximate surface area is 140 Å². The van der Waals surface area contributed by atoms with Gasteiger partial charge in [-0.1, -0.05) is 44.2 Å². The number of rotatable bonds is 7. The van der Waals surface area contributed by atoms with Gasteiger partial charge in [-0.15, -0.1) is 0 Å². The van der Waals surface area contributed by atoms with E-state index in [1.54, 1.807) is 0 Å². The lowest BCUT2D eigenvalue weighted by Crippen LogP contribution is -2.52. The number of benzene rings is 1. The monoisotopic (exact) mass is 317 g/mol. The summed E-state index contributed by atoms with van der Waals surface area (Å²) >= 11 is 0. The maximum absolute atomic E-state index is 12.2. The SMILES string of the molecule is CC(C)CC(CNC(=O)Cc1ccccc1)N1CCN(C)CC1. The molecular weight excluding hydrogens is 286 g/mol. The highest BCUT2D eigenvalue weighted by atomic mass is 16.1. The van der Waals surface area contributed by atoms with Crippen LogP contribution in [-0.2, 0) is 11.2 Å². The number of likely N-dealkylation sites (N-methyl/N-ethyl adjacent to an activating group) is 1. The van der Waals surface area contributed by atoms with Gasteiger partial charge in [-0.2, -0.15) is 0 Å². The summed E-state index contributed by atoms with van der Waals surface area (Å²) in [5, 5.41) is 3.15. The summed E-state index contributed by atoms with van der Waals surface area (Å²) < 4.78 is 0. The molecule has 1 saturated heterocycles. The Morgan fingerprint density at radius 3 is 2.39 bits per heavy atom. The molecular formula is C19H31N3O. The lowest BCUT2D eigenvalue weighted by atomic mass is 10.0. The van der Waals surface area contributed by atoms with Gasteiger partial charge < -0.3 is 10.2 Å². The molecule has 4 heteroatoms. The Balaban J connectivity index is 1.83. The van der Waals surface area contributed by atoms with Gasteiger partial charge in [-0.3, -0.25) is 9.69 Å². The van der Waals surface area contributed by atoms with Gasteiger partial charge in [0, 0.05) is 38.8 Å². The molecule has 4 nitrogen and oxygen atoms in total. The van der Waals surface area contributed by atoms with E-state index in [0.717, 1.165) is 44.7 Å². The first-order valence-corrected chi connectivity index (χ1v) is 8.78. The fourth-order valence-electron chi connectivity index (χ4n) is 3.17. The molecule has 1 aromatic rings. The van der Waals surface area contributed by atoms with E-state index in [4.69, 9.17) is 0 Å². The van der Waals surface area contributed by atoms with Crippen molar-refractivity contribution in [2.75, 3.05) is 39.8 Å². The average Bonchev–Trinajstić information content (AvgIpc) is 2.53. The third-order valence-corrected chi connectivity index (χ3v) is 4.54. The molecule has 23 heavy (non-hydrogen) atoms. The number of nitrogens with zero attached hydrogens (tertiary/aromatic N) is 2. The molecule has 1 amide bonds. The standard InChI is InChI=1S/C19H31N3O/c1-16(2)13-18(22-11-9-21(3)10-12-22)15-20-19(23)14-17-7-5-4-6-8-17/h4-8,16,18H,9-15H2,1-3H3,(H,20,23). The van der Waals surface area contributed by atoms with E-state index in [1.165, 1.54) is 0 Å². The highest BCUT2D eigenvalue weighted by molar-refractivity contribution is 5.78. The number of carbonyl (C=O) groups is 1. The van der Waals surface area contributed by atoms with Crippen molar-refractivity contribution in [2.45, 2.75) is 32.7 Å². The fourth-order valence-corrected chi connectivity index (χ4v) is 3.17. The van der Waals surface area contributed by atoms with E-state index in [1.807, 2.05) is 30.3 Å². The summed E-state index contributed by atoms with van der Waals surface area (Å²) in [6.07, 6.45) is 1.60. The minimum absolute atomic E-state index is 0.124. The van der Waals surface area contributed by atoms with Gasteiger partial charge in [0.1, 0.15) is 0 Å². The number of hydrogen-bond donors (Lipinski definition) is 1. The second-order valence-corrected chi connectivity index (χ2v) is 7.09. The van der Waals surface area contributed by atoms with Crippen LogP contribution in [0.4, 0.5) is 0 Å². The lowest BCUT2D eigenvalue weighted by Gasteiger charge is -2.38. The first-order chi connectivity index (χ1) is 11.0. The zero-order chi connectivity index (χ0) is 16.7.